The summed E-state index contributed by atoms with van der Waals surface area (Å²) in [7, 11) is 0. The molecular formula is C14H18N2S. The third kappa shape index (κ3) is 3.07. The summed E-state index contributed by atoms with van der Waals surface area (Å²) >= 11 is 1.68. The maximum absolute atomic E-state index is 4.34. The molecule has 17 heavy (non-hydrogen) atoms. The Morgan fingerprint density at radius 1 is 1.29 bits per heavy atom. The van der Waals surface area contributed by atoms with Crippen LogP contribution in [0.2, 0.25) is 0 Å². The Labute approximate surface area is 107 Å². The van der Waals surface area contributed by atoms with Crippen LogP contribution in [0.3, 0.4) is 0 Å². The monoisotopic (exact) mass is 246 g/mol. The molecule has 90 valence electrons. The van der Waals surface area contributed by atoms with Crippen LogP contribution in [0.1, 0.15) is 26.7 Å². The molecule has 0 bridgehead atoms. The van der Waals surface area contributed by atoms with Gasteiger partial charge in [0.05, 0.1) is 0 Å². The molecule has 3 heteroatoms. The average Bonchev–Trinajstić information content (AvgIpc) is 2.90. The van der Waals surface area contributed by atoms with E-state index in [2.05, 4.69) is 48.4 Å². The van der Waals surface area contributed by atoms with Gasteiger partial charge in [-0.2, -0.15) is 0 Å². The number of anilines is 1. The largest absolute Gasteiger partial charge is 0.382 e. The van der Waals surface area contributed by atoms with Gasteiger partial charge in [0.2, 0.25) is 0 Å². The standard InChI is InChI=1S/C14H18N2S/c1-3-12(4-2)16-13-7-5-6-11(10-13)14-15-8-9-17-14/h5-10,12,16H,3-4H2,1-2H3. The minimum Gasteiger partial charge on any atom is -0.382 e. The lowest BCUT2D eigenvalue weighted by molar-refractivity contribution is 0.672. The van der Waals surface area contributed by atoms with E-state index in [1.54, 1.807) is 11.3 Å². The zero-order valence-corrected chi connectivity index (χ0v) is 11.1. The Bertz CT molecular complexity index is 447. The molecule has 0 saturated carbocycles. The normalized spacial score (nSPS) is 10.8. The van der Waals surface area contributed by atoms with Gasteiger partial charge in [0.15, 0.2) is 0 Å². The van der Waals surface area contributed by atoms with Gasteiger partial charge in [-0.15, -0.1) is 11.3 Å². The number of hydrogen-bond acceptors (Lipinski definition) is 3. The van der Waals surface area contributed by atoms with Gasteiger partial charge in [0.1, 0.15) is 5.01 Å². The molecule has 0 amide bonds. The van der Waals surface area contributed by atoms with Gasteiger partial charge in [0.25, 0.3) is 0 Å². The second-order valence-electron chi connectivity index (χ2n) is 4.08. The molecule has 1 N–H and O–H groups in total. The van der Waals surface area contributed by atoms with Gasteiger partial charge < -0.3 is 5.32 Å². The van der Waals surface area contributed by atoms with Gasteiger partial charge in [-0.25, -0.2) is 4.98 Å². The van der Waals surface area contributed by atoms with E-state index in [0.717, 1.165) is 17.8 Å². The smallest absolute Gasteiger partial charge is 0.123 e. The fourth-order valence-corrected chi connectivity index (χ4v) is 2.47. The lowest BCUT2D eigenvalue weighted by atomic mass is 10.1. The lowest BCUT2D eigenvalue weighted by Crippen LogP contribution is -2.16. The summed E-state index contributed by atoms with van der Waals surface area (Å²) in [6, 6.07) is 9.05. The van der Waals surface area contributed by atoms with Crippen molar-refractivity contribution in [2.24, 2.45) is 0 Å². The fourth-order valence-electron chi connectivity index (χ4n) is 1.84. The summed E-state index contributed by atoms with van der Waals surface area (Å²) in [6.07, 6.45) is 4.15. The topological polar surface area (TPSA) is 24.9 Å². The molecule has 0 aliphatic carbocycles. The van der Waals surface area contributed by atoms with Crippen LogP contribution in [0.5, 0.6) is 0 Å². The first-order valence-corrected chi connectivity index (χ1v) is 6.98. The van der Waals surface area contributed by atoms with Crippen LogP contribution in [-0.2, 0) is 0 Å². The van der Waals surface area contributed by atoms with Crippen LogP contribution in [0.15, 0.2) is 35.8 Å². The van der Waals surface area contributed by atoms with Crippen LogP contribution >= 0.6 is 11.3 Å². The number of thiazole rings is 1. The summed E-state index contributed by atoms with van der Waals surface area (Å²) in [5, 5.41) is 6.65. The maximum Gasteiger partial charge on any atom is 0.123 e. The van der Waals surface area contributed by atoms with Crippen molar-refractivity contribution >= 4 is 17.0 Å². The highest BCUT2D eigenvalue weighted by Crippen LogP contribution is 2.25. The number of nitrogens with zero attached hydrogens (tertiary/aromatic N) is 1. The Morgan fingerprint density at radius 2 is 2.12 bits per heavy atom. The number of rotatable bonds is 5. The van der Waals surface area contributed by atoms with Gasteiger partial charge in [0, 0.05) is 28.9 Å². The average molecular weight is 246 g/mol. The van der Waals surface area contributed by atoms with Crippen molar-refractivity contribution in [2.45, 2.75) is 32.7 Å². The highest BCUT2D eigenvalue weighted by molar-refractivity contribution is 7.13. The minimum atomic E-state index is 0.557. The molecule has 0 aliphatic rings. The van der Waals surface area contributed by atoms with Crippen molar-refractivity contribution in [3.05, 3.63) is 35.8 Å². The first kappa shape index (κ1) is 12.1. The van der Waals surface area contributed by atoms with E-state index in [9.17, 15) is 0 Å². The van der Waals surface area contributed by atoms with Gasteiger partial charge in [-0.1, -0.05) is 26.0 Å². The second kappa shape index (κ2) is 5.82. The molecule has 0 fully saturated rings. The molecule has 0 unspecified atom stereocenters. The minimum absolute atomic E-state index is 0.557. The molecule has 0 aliphatic heterocycles. The molecule has 0 atom stereocenters. The lowest BCUT2D eigenvalue weighted by Gasteiger charge is -2.16. The van der Waals surface area contributed by atoms with Gasteiger partial charge >= 0.3 is 0 Å². The highest BCUT2D eigenvalue weighted by atomic mass is 32.1. The quantitative estimate of drug-likeness (QED) is 0.845. The van der Waals surface area contributed by atoms with E-state index in [1.165, 1.54) is 11.3 Å². The summed E-state index contributed by atoms with van der Waals surface area (Å²) < 4.78 is 0. The van der Waals surface area contributed by atoms with Crippen molar-refractivity contribution in [3.8, 4) is 10.6 Å². The van der Waals surface area contributed by atoms with Crippen LogP contribution < -0.4 is 5.32 Å². The van der Waals surface area contributed by atoms with Crippen molar-refractivity contribution in [1.82, 2.24) is 4.98 Å². The third-order valence-corrected chi connectivity index (χ3v) is 3.72. The zero-order chi connectivity index (χ0) is 12.1. The summed E-state index contributed by atoms with van der Waals surface area (Å²) in [6.45, 7) is 4.43. The first-order valence-electron chi connectivity index (χ1n) is 6.10. The zero-order valence-electron chi connectivity index (χ0n) is 10.3. The van der Waals surface area contributed by atoms with Gasteiger partial charge in [-0.3, -0.25) is 0 Å². The van der Waals surface area contributed by atoms with Crippen molar-refractivity contribution in [1.29, 1.82) is 0 Å². The molecule has 0 radical (unpaired) electrons. The third-order valence-electron chi connectivity index (χ3n) is 2.90. The van der Waals surface area contributed by atoms with Crippen molar-refractivity contribution in [2.75, 3.05) is 5.32 Å². The molecule has 0 spiro atoms. The SMILES string of the molecule is CCC(CC)Nc1cccc(-c2nccs2)c1. The van der Waals surface area contributed by atoms with Crippen LogP contribution in [-0.4, -0.2) is 11.0 Å². The van der Waals surface area contributed by atoms with Crippen molar-refractivity contribution in [3.63, 3.8) is 0 Å². The van der Waals surface area contributed by atoms with E-state index in [0.29, 0.717) is 6.04 Å². The summed E-state index contributed by atoms with van der Waals surface area (Å²) in [4.78, 5) is 4.34. The molecule has 0 saturated heterocycles. The number of aromatic nitrogens is 1. The van der Waals surface area contributed by atoms with E-state index >= 15 is 0 Å². The predicted octanol–water partition coefficient (Wildman–Crippen LogP) is 4.41. The van der Waals surface area contributed by atoms with Crippen LogP contribution in [0.4, 0.5) is 5.69 Å². The van der Waals surface area contributed by atoms with Crippen LogP contribution in [0.25, 0.3) is 10.6 Å². The molecule has 2 aromatic rings. The molecule has 2 nitrogen and oxygen atoms in total. The Morgan fingerprint density at radius 3 is 2.76 bits per heavy atom. The first-order chi connectivity index (χ1) is 8.33. The molecule has 1 aromatic carbocycles. The van der Waals surface area contributed by atoms with Crippen molar-refractivity contribution < 1.29 is 0 Å². The number of benzene rings is 1. The summed E-state index contributed by atoms with van der Waals surface area (Å²) in [5.74, 6) is 0. The Kier molecular flexibility index (Phi) is 4.15. The Balaban J connectivity index is 2.17. The molecule has 2 rings (SSSR count). The second-order valence-corrected chi connectivity index (χ2v) is 4.97. The molecule has 1 heterocycles. The predicted molar refractivity (Wildman–Crippen MR) is 75.5 cm³/mol. The van der Waals surface area contributed by atoms with Crippen LogP contribution in [0, 0.1) is 0 Å². The Hall–Kier alpha value is -1.35. The van der Waals surface area contributed by atoms with Gasteiger partial charge in [-0.05, 0) is 25.0 Å². The van der Waals surface area contributed by atoms with E-state index in [4.69, 9.17) is 0 Å². The maximum atomic E-state index is 4.34. The highest BCUT2D eigenvalue weighted by Gasteiger charge is 2.05. The fraction of sp³-hybridized carbons (Fsp3) is 0.357. The van der Waals surface area contributed by atoms with E-state index in [-0.39, 0.29) is 0 Å². The molecular weight excluding hydrogens is 228 g/mol. The summed E-state index contributed by atoms with van der Waals surface area (Å²) in [5.41, 5.74) is 2.38. The van der Waals surface area contributed by atoms with E-state index < -0.39 is 0 Å². The molecule has 1 aromatic heterocycles. The number of nitrogens with one attached hydrogen (secondary N) is 1. The van der Waals surface area contributed by atoms with E-state index in [1.807, 2.05) is 11.6 Å². The number of hydrogen-bond donors (Lipinski definition) is 1.